The maximum absolute atomic E-state index is 12.3. The first-order valence-electron chi connectivity index (χ1n) is 9.73. The van der Waals surface area contributed by atoms with E-state index in [2.05, 4.69) is 41.8 Å². The first-order chi connectivity index (χ1) is 16.2. The normalized spacial score (nSPS) is 10.6. The number of hydrogen-bond acceptors (Lipinski definition) is 10. The van der Waals surface area contributed by atoms with Crippen LogP contribution in [0.4, 0.5) is 5.82 Å². The molecule has 180 valence electrons. The Hall–Kier alpha value is -4.01. The van der Waals surface area contributed by atoms with E-state index in [1.54, 1.807) is 25.1 Å². The monoisotopic (exact) mass is 537 g/mol. The predicted octanol–water partition coefficient (Wildman–Crippen LogP) is 1.47. The SMILES string of the molecule is COc1ccc(C(=O)NCCNC(=O)c2nc(Cn3nc([N+](=O)[O-])c(Br)c3C)no2)cc1OC. The molecule has 2 heterocycles. The molecule has 0 aliphatic carbocycles. The lowest BCUT2D eigenvalue weighted by atomic mass is 10.2. The number of halogens is 1. The van der Waals surface area contributed by atoms with Crippen LogP contribution >= 0.6 is 15.9 Å². The van der Waals surface area contributed by atoms with E-state index in [4.69, 9.17) is 14.0 Å². The lowest BCUT2D eigenvalue weighted by molar-refractivity contribution is -0.390. The molecular weight excluding hydrogens is 518 g/mol. The van der Waals surface area contributed by atoms with Crippen molar-refractivity contribution in [2.75, 3.05) is 27.3 Å². The van der Waals surface area contributed by atoms with Gasteiger partial charge in [-0.3, -0.25) is 9.59 Å². The number of benzene rings is 1. The van der Waals surface area contributed by atoms with Gasteiger partial charge in [-0.25, -0.2) is 0 Å². The van der Waals surface area contributed by atoms with Gasteiger partial charge in [0.25, 0.3) is 5.91 Å². The molecule has 0 aliphatic heterocycles. The fourth-order valence-electron chi connectivity index (χ4n) is 2.83. The number of nitro groups is 1. The minimum Gasteiger partial charge on any atom is -0.493 e. The van der Waals surface area contributed by atoms with Gasteiger partial charge in [-0.05, 0) is 46.0 Å². The molecule has 0 bridgehead atoms. The van der Waals surface area contributed by atoms with Crippen molar-refractivity contribution in [1.29, 1.82) is 0 Å². The molecule has 15 heteroatoms. The van der Waals surface area contributed by atoms with E-state index >= 15 is 0 Å². The third-order valence-corrected chi connectivity index (χ3v) is 5.51. The van der Waals surface area contributed by atoms with Crippen LogP contribution in [-0.4, -0.2) is 64.0 Å². The van der Waals surface area contributed by atoms with E-state index in [1.165, 1.54) is 18.9 Å². The molecule has 0 atom stereocenters. The van der Waals surface area contributed by atoms with Crippen molar-refractivity contribution in [3.8, 4) is 11.5 Å². The summed E-state index contributed by atoms with van der Waals surface area (Å²) in [5, 5.41) is 23.8. The number of amides is 2. The Morgan fingerprint density at radius 3 is 2.47 bits per heavy atom. The molecule has 0 saturated heterocycles. The summed E-state index contributed by atoms with van der Waals surface area (Å²) in [4.78, 5) is 38.9. The second-order valence-electron chi connectivity index (χ2n) is 6.74. The molecule has 0 radical (unpaired) electrons. The predicted molar refractivity (Wildman–Crippen MR) is 119 cm³/mol. The number of methoxy groups -OCH3 is 2. The van der Waals surface area contributed by atoms with Crippen LogP contribution < -0.4 is 20.1 Å². The van der Waals surface area contributed by atoms with Gasteiger partial charge < -0.3 is 34.7 Å². The zero-order valence-corrected chi connectivity index (χ0v) is 19.9. The van der Waals surface area contributed by atoms with Gasteiger partial charge in [0.2, 0.25) is 0 Å². The molecule has 2 aromatic heterocycles. The fourth-order valence-corrected chi connectivity index (χ4v) is 3.26. The molecule has 1 aromatic carbocycles. The molecule has 3 aromatic rings. The van der Waals surface area contributed by atoms with Crippen LogP contribution in [0.25, 0.3) is 0 Å². The lowest BCUT2D eigenvalue weighted by Crippen LogP contribution is -2.34. The molecule has 3 rings (SSSR count). The molecule has 0 unspecified atom stereocenters. The standard InChI is InChI=1S/C19H20BrN7O7/c1-10-15(20)16(27(30)31)24-26(10)9-14-23-19(34-25-14)18(29)22-7-6-21-17(28)11-4-5-12(32-2)13(8-11)33-3/h4-5,8H,6-7,9H2,1-3H3,(H,21,28)(H,22,29). The Morgan fingerprint density at radius 2 is 1.85 bits per heavy atom. The topological polar surface area (TPSA) is 177 Å². The summed E-state index contributed by atoms with van der Waals surface area (Å²) in [5.74, 6) is -0.594. The smallest absolute Gasteiger partial charge is 0.404 e. The van der Waals surface area contributed by atoms with Crippen molar-refractivity contribution in [1.82, 2.24) is 30.6 Å². The second-order valence-corrected chi connectivity index (χ2v) is 7.53. The first-order valence-corrected chi connectivity index (χ1v) is 10.5. The Balaban J connectivity index is 1.50. The van der Waals surface area contributed by atoms with Gasteiger partial charge in [0.1, 0.15) is 11.0 Å². The number of hydrogen-bond donors (Lipinski definition) is 2. The minimum absolute atomic E-state index is 0.0313. The van der Waals surface area contributed by atoms with Crippen LogP contribution in [0.3, 0.4) is 0 Å². The second kappa shape index (κ2) is 10.7. The number of nitrogens with zero attached hydrogens (tertiary/aromatic N) is 5. The molecule has 2 N–H and O–H groups in total. The van der Waals surface area contributed by atoms with Gasteiger partial charge in [0.15, 0.2) is 17.3 Å². The zero-order valence-electron chi connectivity index (χ0n) is 18.3. The number of rotatable bonds is 10. The highest BCUT2D eigenvalue weighted by molar-refractivity contribution is 9.10. The number of carbonyl (C=O) groups is 2. The highest BCUT2D eigenvalue weighted by Crippen LogP contribution is 2.28. The van der Waals surface area contributed by atoms with Crippen LogP contribution in [0.1, 0.15) is 32.6 Å². The van der Waals surface area contributed by atoms with Gasteiger partial charge in [-0.15, -0.1) is 0 Å². The molecule has 14 nitrogen and oxygen atoms in total. The maximum atomic E-state index is 12.3. The van der Waals surface area contributed by atoms with Gasteiger partial charge in [-0.2, -0.15) is 9.67 Å². The Morgan fingerprint density at radius 1 is 1.18 bits per heavy atom. The first kappa shape index (κ1) is 24.6. The number of carbonyl (C=O) groups excluding carboxylic acids is 2. The van der Waals surface area contributed by atoms with Crippen LogP contribution in [0, 0.1) is 17.0 Å². The Labute approximate surface area is 200 Å². The molecule has 0 spiro atoms. The third kappa shape index (κ3) is 5.48. The molecule has 0 fully saturated rings. The van der Waals surface area contributed by atoms with E-state index < -0.39 is 10.8 Å². The quantitative estimate of drug-likeness (QED) is 0.218. The molecule has 0 aliphatic rings. The fraction of sp³-hybridized carbons (Fsp3) is 0.316. The summed E-state index contributed by atoms with van der Waals surface area (Å²) in [5.41, 5.74) is 0.860. The zero-order chi connectivity index (χ0) is 24.8. The van der Waals surface area contributed by atoms with Crippen molar-refractivity contribution in [3.63, 3.8) is 0 Å². The van der Waals surface area contributed by atoms with Crippen LogP contribution in [-0.2, 0) is 6.54 Å². The van der Waals surface area contributed by atoms with Gasteiger partial charge >= 0.3 is 17.6 Å². The van der Waals surface area contributed by atoms with Crippen molar-refractivity contribution >= 4 is 33.6 Å². The van der Waals surface area contributed by atoms with Crippen LogP contribution in [0.15, 0.2) is 27.2 Å². The van der Waals surface area contributed by atoms with Crippen LogP contribution in [0.2, 0.25) is 0 Å². The van der Waals surface area contributed by atoms with Crippen LogP contribution in [0.5, 0.6) is 11.5 Å². The van der Waals surface area contributed by atoms with E-state index in [0.717, 1.165) is 0 Å². The van der Waals surface area contributed by atoms with E-state index in [1.807, 2.05) is 0 Å². The summed E-state index contributed by atoms with van der Waals surface area (Å²) in [6.45, 7) is 1.85. The molecule has 34 heavy (non-hydrogen) atoms. The minimum atomic E-state index is -0.636. The summed E-state index contributed by atoms with van der Waals surface area (Å²) < 4.78 is 16.8. The highest BCUT2D eigenvalue weighted by atomic mass is 79.9. The largest absolute Gasteiger partial charge is 0.493 e. The van der Waals surface area contributed by atoms with Crippen molar-refractivity contribution in [2.24, 2.45) is 0 Å². The molecule has 0 saturated carbocycles. The average Bonchev–Trinajstić information content (AvgIpc) is 3.41. The molecule has 2 amide bonds. The molecular formula is C19H20BrN7O7. The van der Waals surface area contributed by atoms with Gasteiger partial charge in [0.05, 0.1) is 25.0 Å². The summed E-state index contributed by atoms with van der Waals surface area (Å²) in [7, 11) is 2.97. The van der Waals surface area contributed by atoms with E-state index in [9.17, 15) is 19.7 Å². The summed E-state index contributed by atoms with van der Waals surface area (Å²) in [6, 6.07) is 4.75. The lowest BCUT2D eigenvalue weighted by Gasteiger charge is -2.10. The average molecular weight is 538 g/mol. The number of ether oxygens (including phenoxy) is 2. The Bertz CT molecular complexity index is 1220. The number of nitrogens with one attached hydrogen (secondary N) is 2. The summed E-state index contributed by atoms with van der Waals surface area (Å²) in [6.07, 6.45) is 0. The van der Waals surface area contributed by atoms with E-state index in [0.29, 0.717) is 22.8 Å². The van der Waals surface area contributed by atoms with Gasteiger partial charge in [0, 0.05) is 18.7 Å². The Kier molecular flexibility index (Phi) is 7.78. The van der Waals surface area contributed by atoms with Crippen molar-refractivity contribution < 1.29 is 28.5 Å². The maximum Gasteiger partial charge on any atom is 0.404 e. The van der Waals surface area contributed by atoms with Gasteiger partial charge in [-0.1, -0.05) is 5.16 Å². The third-order valence-electron chi connectivity index (χ3n) is 4.58. The highest BCUT2D eigenvalue weighted by Gasteiger charge is 2.25. The van der Waals surface area contributed by atoms with E-state index in [-0.39, 0.29) is 47.5 Å². The van der Waals surface area contributed by atoms with Crippen molar-refractivity contribution in [2.45, 2.75) is 13.5 Å². The summed E-state index contributed by atoms with van der Waals surface area (Å²) >= 11 is 3.12. The van der Waals surface area contributed by atoms with Crippen molar-refractivity contribution in [3.05, 3.63) is 55.8 Å². The number of aromatic nitrogens is 4.